The molecule has 5 nitrogen and oxygen atoms in total. The monoisotopic (exact) mass is 187 g/mol. The minimum atomic E-state index is -1.06. The molecule has 2 aromatic heterocycles. The van der Waals surface area contributed by atoms with Gasteiger partial charge in [-0.25, -0.2) is 4.79 Å². The summed E-state index contributed by atoms with van der Waals surface area (Å²) in [5, 5.41) is 17.5. The van der Waals surface area contributed by atoms with Gasteiger partial charge in [-0.1, -0.05) is 0 Å². The van der Waals surface area contributed by atoms with Gasteiger partial charge in [0.1, 0.15) is 17.1 Å². The van der Waals surface area contributed by atoms with Crippen LogP contribution in [0, 0.1) is 11.3 Å². The van der Waals surface area contributed by atoms with E-state index in [1.54, 1.807) is 0 Å². The van der Waals surface area contributed by atoms with Crippen LogP contribution >= 0.6 is 0 Å². The number of pyridine rings is 1. The number of nitriles is 1. The summed E-state index contributed by atoms with van der Waals surface area (Å²) >= 11 is 0. The molecule has 0 aromatic carbocycles. The van der Waals surface area contributed by atoms with Gasteiger partial charge < -0.3 is 10.1 Å². The van der Waals surface area contributed by atoms with E-state index in [9.17, 15) is 4.79 Å². The van der Waals surface area contributed by atoms with E-state index in [0.29, 0.717) is 16.6 Å². The number of nitrogens with zero attached hydrogens (tertiary/aromatic N) is 2. The maximum atomic E-state index is 10.7. The van der Waals surface area contributed by atoms with E-state index < -0.39 is 5.97 Å². The molecule has 2 rings (SSSR count). The number of hydrogen-bond donors (Lipinski definition) is 2. The zero-order valence-corrected chi connectivity index (χ0v) is 6.98. The van der Waals surface area contributed by atoms with Gasteiger partial charge in [-0.15, -0.1) is 0 Å². The summed E-state index contributed by atoms with van der Waals surface area (Å²) in [6.45, 7) is 0. The van der Waals surface area contributed by atoms with Gasteiger partial charge in [0.15, 0.2) is 0 Å². The number of aromatic carboxylic acids is 1. The van der Waals surface area contributed by atoms with Gasteiger partial charge >= 0.3 is 5.97 Å². The number of carboxylic acids is 1. The number of H-pyrrole nitrogens is 1. The van der Waals surface area contributed by atoms with Crippen LogP contribution in [0.2, 0.25) is 0 Å². The summed E-state index contributed by atoms with van der Waals surface area (Å²) in [5.41, 5.74) is 1.25. The summed E-state index contributed by atoms with van der Waals surface area (Å²) in [5.74, 6) is -1.06. The van der Waals surface area contributed by atoms with Gasteiger partial charge in [0.2, 0.25) is 0 Å². The first-order valence-corrected chi connectivity index (χ1v) is 3.83. The van der Waals surface area contributed by atoms with Gasteiger partial charge in [0.25, 0.3) is 0 Å². The van der Waals surface area contributed by atoms with Crippen molar-refractivity contribution >= 4 is 17.0 Å². The van der Waals surface area contributed by atoms with Gasteiger partial charge in [-0.05, 0) is 6.07 Å². The Bertz CT molecular complexity index is 551. The summed E-state index contributed by atoms with van der Waals surface area (Å²) in [6.07, 6.45) is 2.75. The first-order chi connectivity index (χ1) is 6.74. The molecule has 0 unspecified atom stereocenters. The maximum absolute atomic E-state index is 10.7. The fourth-order valence-corrected chi connectivity index (χ4v) is 1.28. The molecule has 0 aliphatic carbocycles. The van der Waals surface area contributed by atoms with Gasteiger partial charge in [-0.3, -0.25) is 4.98 Å². The Hall–Kier alpha value is -2.35. The van der Waals surface area contributed by atoms with Crippen LogP contribution in [0.5, 0.6) is 0 Å². The molecule has 2 N–H and O–H groups in total. The Kier molecular flexibility index (Phi) is 1.68. The molecule has 0 spiro atoms. The smallest absolute Gasteiger partial charge is 0.339 e. The molecule has 14 heavy (non-hydrogen) atoms. The molecule has 5 heteroatoms. The topological polar surface area (TPSA) is 89.8 Å². The third-order valence-corrected chi connectivity index (χ3v) is 1.92. The molecular weight excluding hydrogens is 182 g/mol. The van der Waals surface area contributed by atoms with Crippen molar-refractivity contribution in [3.63, 3.8) is 0 Å². The Morgan fingerprint density at radius 2 is 2.43 bits per heavy atom. The van der Waals surface area contributed by atoms with Crippen LogP contribution in [0.4, 0.5) is 0 Å². The number of fused-ring (bicyclic) bond motifs is 1. The van der Waals surface area contributed by atoms with Crippen molar-refractivity contribution in [2.45, 2.75) is 0 Å². The van der Waals surface area contributed by atoms with Crippen LogP contribution in [0.3, 0.4) is 0 Å². The summed E-state index contributed by atoms with van der Waals surface area (Å²) in [6, 6.07) is 3.49. The second-order valence-electron chi connectivity index (χ2n) is 2.70. The van der Waals surface area contributed by atoms with Crippen LogP contribution in [-0.2, 0) is 0 Å². The van der Waals surface area contributed by atoms with Crippen LogP contribution in [0.1, 0.15) is 15.9 Å². The fourth-order valence-electron chi connectivity index (χ4n) is 1.28. The largest absolute Gasteiger partial charge is 0.478 e. The Morgan fingerprint density at radius 3 is 3.07 bits per heavy atom. The number of aromatic nitrogens is 2. The minimum absolute atomic E-state index is 0.0806. The Morgan fingerprint density at radius 1 is 1.64 bits per heavy atom. The number of carboxylic acid groups (broad SMARTS) is 1. The lowest BCUT2D eigenvalue weighted by molar-refractivity contribution is 0.0699. The molecule has 0 amide bonds. The molecule has 0 saturated heterocycles. The molecule has 0 fully saturated rings. The lowest BCUT2D eigenvalue weighted by atomic mass is 10.2. The molecule has 0 bridgehead atoms. The molecule has 0 atom stereocenters. The number of rotatable bonds is 1. The predicted octanol–water partition coefficient (Wildman–Crippen LogP) is 1.13. The summed E-state index contributed by atoms with van der Waals surface area (Å²) in [4.78, 5) is 17.4. The number of hydrogen-bond acceptors (Lipinski definition) is 3. The van der Waals surface area contributed by atoms with Crippen LogP contribution in [0.15, 0.2) is 18.5 Å². The van der Waals surface area contributed by atoms with E-state index in [1.807, 2.05) is 6.07 Å². The van der Waals surface area contributed by atoms with Gasteiger partial charge in [0.05, 0.1) is 11.1 Å². The second-order valence-corrected chi connectivity index (χ2v) is 2.70. The van der Waals surface area contributed by atoms with Gasteiger partial charge in [0, 0.05) is 12.4 Å². The van der Waals surface area contributed by atoms with E-state index in [2.05, 4.69) is 9.97 Å². The molecule has 0 saturated carbocycles. The highest BCUT2D eigenvalue weighted by atomic mass is 16.4. The Labute approximate surface area is 78.6 Å². The highest BCUT2D eigenvalue weighted by molar-refractivity contribution is 6.02. The molecule has 2 heterocycles. The second kappa shape index (κ2) is 2.85. The van der Waals surface area contributed by atoms with E-state index in [-0.39, 0.29) is 5.56 Å². The van der Waals surface area contributed by atoms with E-state index >= 15 is 0 Å². The highest BCUT2D eigenvalue weighted by Crippen LogP contribution is 2.18. The van der Waals surface area contributed by atoms with Crippen molar-refractivity contribution in [2.75, 3.05) is 0 Å². The zero-order chi connectivity index (χ0) is 10.1. The van der Waals surface area contributed by atoms with Crippen molar-refractivity contribution in [3.05, 3.63) is 29.6 Å². The van der Waals surface area contributed by atoms with Crippen molar-refractivity contribution < 1.29 is 9.90 Å². The lowest BCUT2D eigenvalue weighted by Gasteiger charge is -1.92. The molecule has 2 aromatic rings. The first kappa shape index (κ1) is 8.26. The van der Waals surface area contributed by atoms with Crippen LogP contribution in [-0.4, -0.2) is 21.0 Å². The molecular formula is C9H5N3O2. The normalized spacial score (nSPS) is 9.93. The third kappa shape index (κ3) is 1.02. The number of nitrogens with one attached hydrogen (secondary N) is 1. The maximum Gasteiger partial charge on any atom is 0.339 e. The van der Waals surface area contributed by atoms with Crippen LogP contribution < -0.4 is 0 Å². The van der Waals surface area contributed by atoms with Crippen molar-refractivity contribution in [1.29, 1.82) is 5.26 Å². The fraction of sp³-hybridized carbons (Fsp3) is 0. The van der Waals surface area contributed by atoms with Crippen LogP contribution in [0.25, 0.3) is 11.0 Å². The molecule has 68 valence electrons. The zero-order valence-electron chi connectivity index (χ0n) is 6.98. The molecule has 0 radical (unpaired) electrons. The third-order valence-electron chi connectivity index (χ3n) is 1.92. The number of carbonyl (C=O) groups is 1. The standard InChI is InChI=1S/C9H5N3O2/c10-3-5-1-2-11-8-6(9(13)14)4-12-7(5)8/h1-2,4,12H,(H,13,14). The van der Waals surface area contributed by atoms with E-state index in [4.69, 9.17) is 10.4 Å². The first-order valence-electron chi connectivity index (χ1n) is 3.83. The average Bonchev–Trinajstić information content (AvgIpc) is 2.60. The van der Waals surface area contributed by atoms with Gasteiger partial charge in [-0.2, -0.15) is 5.26 Å². The summed E-state index contributed by atoms with van der Waals surface area (Å²) < 4.78 is 0. The Balaban J connectivity index is 2.84. The minimum Gasteiger partial charge on any atom is -0.478 e. The van der Waals surface area contributed by atoms with Crippen molar-refractivity contribution in [1.82, 2.24) is 9.97 Å². The average molecular weight is 187 g/mol. The molecule has 0 aliphatic rings. The van der Waals surface area contributed by atoms with E-state index in [1.165, 1.54) is 18.5 Å². The highest BCUT2D eigenvalue weighted by Gasteiger charge is 2.13. The molecule has 0 aliphatic heterocycles. The quantitative estimate of drug-likeness (QED) is 0.700. The van der Waals surface area contributed by atoms with Crippen molar-refractivity contribution in [3.8, 4) is 6.07 Å². The van der Waals surface area contributed by atoms with E-state index in [0.717, 1.165) is 0 Å². The summed E-state index contributed by atoms with van der Waals surface area (Å²) in [7, 11) is 0. The van der Waals surface area contributed by atoms with Crippen molar-refractivity contribution in [2.24, 2.45) is 0 Å². The SMILES string of the molecule is N#Cc1ccnc2c(C(=O)O)c[nH]c12. The number of aromatic amines is 1. The predicted molar refractivity (Wildman–Crippen MR) is 47.8 cm³/mol. The lowest BCUT2D eigenvalue weighted by Crippen LogP contribution is -1.94.